The smallest absolute Gasteiger partial charge is 0.321 e. The van der Waals surface area contributed by atoms with Gasteiger partial charge in [0.15, 0.2) is 0 Å². The largest absolute Gasteiger partial charge is 0.393 e. The molecule has 2 rings (SSSR count). The van der Waals surface area contributed by atoms with E-state index in [1.165, 1.54) is 0 Å². The number of hydrogen-bond donors (Lipinski definition) is 0. The van der Waals surface area contributed by atoms with E-state index in [1.54, 1.807) is 6.08 Å². The van der Waals surface area contributed by atoms with E-state index in [9.17, 15) is 19.2 Å². The normalized spacial score (nSPS) is 27.8. The van der Waals surface area contributed by atoms with Crippen molar-refractivity contribution in [2.45, 2.75) is 19.3 Å². The molecule has 3 unspecified atom stereocenters. The molecular formula is C12H11BIO6P. The molecular weight excluding hydrogens is 409 g/mol. The average Bonchev–Trinajstić information content (AvgIpc) is 2.81. The lowest BCUT2D eigenvalue weighted by Gasteiger charge is -2.13. The van der Waals surface area contributed by atoms with Crippen LogP contribution in [0.1, 0.15) is 19.3 Å². The molecule has 2 radical (unpaired) electrons. The summed E-state index contributed by atoms with van der Waals surface area (Å²) in [5, 5.41) is 0. The molecule has 0 saturated carbocycles. The van der Waals surface area contributed by atoms with Crippen molar-refractivity contribution in [3.63, 3.8) is 0 Å². The predicted octanol–water partition coefficient (Wildman–Crippen LogP) is 1.40. The summed E-state index contributed by atoms with van der Waals surface area (Å²) < 4.78 is 9.00. The lowest BCUT2D eigenvalue weighted by molar-refractivity contribution is -0.154. The van der Waals surface area contributed by atoms with Crippen LogP contribution in [0.25, 0.3) is 0 Å². The molecule has 2 aliphatic heterocycles. The van der Waals surface area contributed by atoms with E-state index in [0.29, 0.717) is 12.6 Å². The number of cyclic esters (lactones) is 4. The molecule has 0 bridgehead atoms. The van der Waals surface area contributed by atoms with Crippen molar-refractivity contribution in [3.05, 3.63) is 11.6 Å². The Labute approximate surface area is 136 Å². The van der Waals surface area contributed by atoms with Crippen molar-refractivity contribution in [2.24, 2.45) is 11.8 Å². The summed E-state index contributed by atoms with van der Waals surface area (Å²) in [6.07, 6.45) is 2.51. The minimum Gasteiger partial charge on any atom is -0.393 e. The van der Waals surface area contributed by atoms with Gasteiger partial charge in [0.2, 0.25) is 0 Å². The van der Waals surface area contributed by atoms with Gasteiger partial charge in [-0.15, -0.1) is 0 Å². The molecule has 110 valence electrons. The quantitative estimate of drug-likeness (QED) is 0.167. The van der Waals surface area contributed by atoms with Gasteiger partial charge in [-0.25, -0.2) is 0 Å². The van der Waals surface area contributed by atoms with Crippen LogP contribution in [-0.2, 0) is 28.7 Å². The maximum atomic E-state index is 11.5. The average molecular weight is 420 g/mol. The van der Waals surface area contributed by atoms with E-state index < -0.39 is 41.2 Å². The Kier molecular flexibility index (Phi) is 5.54. The zero-order chi connectivity index (χ0) is 15.6. The van der Waals surface area contributed by atoms with Crippen LogP contribution in [0, 0.1) is 11.8 Å². The van der Waals surface area contributed by atoms with Gasteiger partial charge < -0.3 is 9.47 Å². The number of ether oxygens (including phenoxy) is 2. The summed E-state index contributed by atoms with van der Waals surface area (Å²) in [7, 11) is 5.81. The van der Waals surface area contributed by atoms with Crippen molar-refractivity contribution < 1.29 is 28.7 Å². The Hall–Kier alpha value is -0.755. The molecule has 21 heavy (non-hydrogen) atoms. The molecule has 2 fully saturated rings. The number of halogens is 1. The predicted molar refractivity (Wildman–Crippen MR) is 82.7 cm³/mol. The fourth-order valence-electron chi connectivity index (χ4n) is 2.28. The SMILES string of the molecule is [B]P(I)CC(=CC1CC(=O)OC1=O)CC1CC(=O)OC1=O. The highest BCUT2D eigenvalue weighted by molar-refractivity contribution is 14.2. The van der Waals surface area contributed by atoms with Gasteiger partial charge >= 0.3 is 23.9 Å². The standard InChI is InChI=1S/C12H11BIO6P/c13-21(14)5-6(1-7-3-9(15)19-11(7)17)2-8-4-10(16)20-12(8)18/h1,7-8H,2-5H2. The highest BCUT2D eigenvalue weighted by Gasteiger charge is 2.36. The van der Waals surface area contributed by atoms with Crippen molar-refractivity contribution in [3.8, 4) is 0 Å². The summed E-state index contributed by atoms with van der Waals surface area (Å²) in [6, 6.07) is 0. The van der Waals surface area contributed by atoms with E-state index in [-0.39, 0.29) is 12.8 Å². The molecule has 0 aromatic rings. The Morgan fingerprint density at radius 2 is 1.81 bits per heavy atom. The van der Waals surface area contributed by atoms with Crippen LogP contribution in [0.15, 0.2) is 11.6 Å². The summed E-state index contributed by atoms with van der Waals surface area (Å²) in [4.78, 5) is 45.2. The van der Waals surface area contributed by atoms with Gasteiger partial charge in [-0.05, 0) is 12.6 Å². The third kappa shape index (κ3) is 4.61. The first-order valence-electron chi connectivity index (χ1n) is 6.21. The van der Waals surface area contributed by atoms with Crippen LogP contribution >= 0.6 is 27.5 Å². The highest BCUT2D eigenvalue weighted by atomic mass is 127. The van der Waals surface area contributed by atoms with Crippen molar-refractivity contribution in [2.75, 3.05) is 6.16 Å². The Morgan fingerprint density at radius 1 is 1.19 bits per heavy atom. The minimum absolute atomic E-state index is 0.000119. The summed E-state index contributed by atoms with van der Waals surface area (Å²) in [5.74, 6) is -3.40. The summed E-state index contributed by atoms with van der Waals surface area (Å²) in [5.41, 5.74) is -0.0197. The number of hydrogen-bond acceptors (Lipinski definition) is 6. The minimum atomic E-state index is -0.803. The molecule has 2 saturated heterocycles. The van der Waals surface area contributed by atoms with Crippen LogP contribution in [0.3, 0.4) is 0 Å². The molecule has 3 atom stereocenters. The van der Waals surface area contributed by atoms with E-state index in [1.807, 2.05) is 0 Å². The van der Waals surface area contributed by atoms with Crippen LogP contribution in [-0.4, -0.2) is 37.6 Å². The molecule has 2 heterocycles. The van der Waals surface area contributed by atoms with E-state index >= 15 is 0 Å². The number of allylic oxidation sites excluding steroid dienone is 1. The third-order valence-electron chi connectivity index (χ3n) is 3.16. The highest BCUT2D eigenvalue weighted by Crippen LogP contribution is 2.43. The molecule has 2 aliphatic rings. The second-order valence-electron chi connectivity index (χ2n) is 4.88. The van der Waals surface area contributed by atoms with Gasteiger partial charge in [0.25, 0.3) is 0 Å². The second kappa shape index (κ2) is 7.00. The molecule has 0 amide bonds. The van der Waals surface area contributed by atoms with Gasteiger partial charge in [0.05, 0.1) is 24.7 Å². The Bertz CT molecular complexity index is 532. The first kappa shape index (κ1) is 16.6. The number of carbonyl (C=O) groups excluding carboxylic acids is 4. The fraction of sp³-hybridized carbons (Fsp3) is 0.500. The lowest BCUT2D eigenvalue weighted by atomic mass is 9.95. The molecule has 0 aromatic carbocycles. The zero-order valence-corrected chi connectivity index (χ0v) is 14.0. The molecule has 0 N–H and O–H groups in total. The first-order valence-corrected chi connectivity index (χ1v) is 10.6. The van der Waals surface area contributed by atoms with Crippen LogP contribution in [0.5, 0.6) is 0 Å². The maximum Gasteiger partial charge on any atom is 0.321 e. The van der Waals surface area contributed by atoms with Crippen molar-refractivity contribution in [1.82, 2.24) is 0 Å². The Morgan fingerprint density at radius 3 is 2.29 bits per heavy atom. The second-order valence-corrected chi connectivity index (χ2v) is 9.72. The molecule has 0 spiro atoms. The Balaban J connectivity index is 2.10. The molecule has 9 heteroatoms. The van der Waals surface area contributed by atoms with Gasteiger partial charge in [-0.1, -0.05) is 39.1 Å². The number of carbonyl (C=O) groups is 4. The lowest BCUT2D eigenvalue weighted by Crippen LogP contribution is -2.12. The molecule has 6 nitrogen and oxygen atoms in total. The zero-order valence-electron chi connectivity index (χ0n) is 10.9. The molecule has 0 aliphatic carbocycles. The van der Waals surface area contributed by atoms with E-state index in [4.69, 9.17) is 7.57 Å². The third-order valence-corrected chi connectivity index (χ3v) is 4.90. The maximum absolute atomic E-state index is 11.5. The van der Waals surface area contributed by atoms with Crippen LogP contribution in [0.4, 0.5) is 0 Å². The first-order chi connectivity index (χ1) is 9.85. The van der Waals surface area contributed by atoms with Crippen LogP contribution < -0.4 is 0 Å². The molecule has 0 aromatic heterocycles. The fourth-order valence-corrected chi connectivity index (χ4v) is 4.21. The van der Waals surface area contributed by atoms with Crippen molar-refractivity contribution in [1.29, 1.82) is 0 Å². The monoisotopic (exact) mass is 420 g/mol. The van der Waals surface area contributed by atoms with Crippen LogP contribution in [0.2, 0.25) is 0 Å². The summed E-state index contributed by atoms with van der Waals surface area (Å²) in [6.45, 7) is 0. The number of rotatable bonds is 5. The van der Waals surface area contributed by atoms with Gasteiger partial charge in [-0.3, -0.25) is 19.2 Å². The van der Waals surface area contributed by atoms with Gasteiger partial charge in [0, 0.05) is 0 Å². The van der Waals surface area contributed by atoms with Gasteiger partial charge in [0.1, 0.15) is 7.57 Å². The van der Waals surface area contributed by atoms with Gasteiger partial charge in [-0.2, -0.15) is 0 Å². The summed E-state index contributed by atoms with van der Waals surface area (Å²) >= 11 is 2.08. The topological polar surface area (TPSA) is 86.7 Å². The van der Waals surface area contributed by atoms with Crippen molar-refractivity contribution >= 4 is 58.9 Å². The number of esters is 4. The van der Waals surface area contributed by atoms with E-state index in [2.05, 4.69) is 31.5 Å². The van der Waals surface area contributed by atoms with E-state index in [0.717, 1.165) is 5.57 Å².